The van der Waals surface area contributed by atoms with Gasteiger partial charge in [-0.3, -0.25) is 0 Å². The summed E-state index contributed by atoms with van der Waals surface area (Å²) in [7, 11) is -3.24. The molecule has 2 saturated heterocycles. The minimum Gasteiger partial charge on any atom is -0.399 e. The minimum atomic E-state index is -3.24. The van der Waals surface area contributed by atoms with Crippen molar-refractivity contribution < 1.29 is 8.42 Å². The van der Waals surface area contributed by atoms with E-state index in [1.54, 1.807) is 8.61 Å². The van der Waals surface area contributed by atoms with Crippen LogP contribution in [0.3, 0.4) is 0 Å². The van der Waals surface area contributed by atoms with Crippen molar-refractivity contribution in [2.75, 3.05) is 31.9 Å². The predicted molar refractivity (Wildman–Crippen MR) is 93.2 cm³/mol. The fourth-order valence-corrected chi connectivity index (χ4v) is 5.31. The monoisotopic (exact) mass is 337 g/mol. The molecule has 6 heteroatoms. The van der Waals surface area contributed by atoms with Crippen molar-refractivity contribution in [3.05, 3.63) is 29.8 Å². The first-order valence-corrected chi connectivity index (χ1v) is 10.0. The molecule has 0 spiro atoms. The Bertz CT molecular complexity index is 601. The Morgan fingerprint density at radius 1 is 0.913 bits per heavy atom. The second-order valence-corrected chi connectivity index (χ2v) is 8.68. The molecule has 1 aromatic carbocycles. The SMILES string of the molecule is Nc1ccc(CC2CCN(S(=O)(=O)N3CCCCC3)CC2)cc1. The van der Waals surface area contributed by atoms with Crippen LogP contribution in [-0.2, 0) is 16.6 Å². The number of hydrogen-bond donors (Lipinski definition) is 1. The maximum absolute atomic E-state index is 12.7. The van der Waals surface area contributed by atoms with Crippen LogP contribution in [0.4, 0.5) is 5.69 Å². The lowest BCUT2D eigenvalue weighted by atomic mass is 9.91. The zero-order valence-corrected chi connectivity index (χ0v) is 14.5. The molecule has 1 aromatic rings. The molecule has 0 unspecified atom stereocenters. The highest BCUT2D eigenvalue weighted by molar-refractivity contribution is 7.86. The van der Waals surface area contributed by atoms with Crippen LogP contribution in [0.25, 0.3) is 0 Å². The van der Waals surface area contributed by atoms with E-state index < -0.39 is 10.2 Å². The highest BCUT2D eigenvalue weighted by Gasteiger charge is 2.33. The van der Waals surface area contributed by atoms with E-state index in [1.165, 1.54) is 5.56 Å². The van der Waals surface area contributed by atoms with Crippen LogP contribution in [0, 0.1) is 5.92 Å². The lowest BCUT2D eigenvalue weighted by Crippen LogP contribution is -2.48. The summed E-state index contributed by atoms with van der Waals surface area (Å²) in [5.74, 6) is 0.562. The molecule has 128 valence electrons. The second kappa shape index (κ2) is 7.20. The number of hydrogen-bond acceptors (Lipinski definition) is 3. The van der Waals surface area contributed by atoms with Crippen LogP contribution in [-0.4, -0.2) is 43.2 Å². The molecule has 0 bridgehead atoms. The van der Waals surface area contributed by atoms with Crippen LogP contribution in [0.2, 0.25) is 0 Å². The Morgan fingerprint density at radius 3 is 2.09 bits per heavy atom. The Kier molecular flexibility index (Phi) is 5.24. The van der Waals surface area contributed by atoms with Crippen LogP contribution >= 0.6 is 0 Å². The van der Waals surface area contributed by atoms with Gasteiger partial charge in [0.1, 0.15) is 0 Å². The van der Waals surface area contributed by atoms with Crippen LogP contribution in [0.15, 0.2) is 24.3 Å². The fraction of sp³-hybridized carbons (Fsp3) is 0.647. The van der Waals surface area contributed by atoms with Gasteiger partial charge in [-0.2, -0.15) is 17.0 Å². The van der Waals surface area contributed by atoms with E-state index in [2.05, 4.69) is 12.1 Å². The topological polar surface area (TPSA) is 66.6 Å². The third-order valence-corrected chi connectivity index (χ3v) is 7.08. The fourth-order valence-electron chi connectivity index (χ4n) is 3.59. The first-order valence-electron chi connectivity index (χ1n) is 8.65. The molecule has 2 aliphatic rings. The minimum absolute atomic E-state index is 0.562. The van der Waals surface area contributed by atoms with Crippen molar-refractivity contribution in [3.8, 4) is 0 Å². The lowest BCUT2D eigenvalue weighted by Gasteiger charge is -2.36. The molecule has 0 amide bonds. The smallest absolute Gasteiger partial charge is 0.281 e. The van der Waals surface area contributed by atoms with E-state index in [9.17, 15) is 8.42 Å². The number of piperidine rings is 2. The number of nitrogens with two attached hydrogens (primary N) is 1. The predicted octanol–water partition coefficient (Wildman–Crippen LogP) is 2.25. The van der Waals surface area contributed by atoms with Crippen molar-refractivity contribution in [2.24, 2.45) is 5.92 Å². The molecule has 0 saturated carbocycles. The van der Waals surface area contributed by atoms with Gasteiger partial charge in [-0.05, 0) is 55.7 Å². The Morgan fingerprint density at radius 2 is 1.48 bits per heavy atom. The van der Waals surface area contributed by atoms with Crippen molar-refractivity contribution in [1.29, 1.82) is 0 Å². The van der Waals surface area contributed by atoms with Crippen molar-refractivity contribution in [3.63, 3.8) is 0 Å². The standard InChI is InChI=1S/C17H27N3O2S/c18-17-6-4-15(5-7-17)14-16-8-12-20(13-9-16)23(21,22)19-10-2-1-3-11-19/h4-7,16H,1-3,8-14,18H2. The Labute approximate surface area is 139 Å². The van der Waals surface area contributed by atoms with Gasteiger partial charge < -0.3 is 5.73 Å². The van der Waals surface area contributed by atoms with Gasteiger partial charge in [-0.15, -0.1) is 0 Å². The molecule has 0 atom stereocenters. The van der Waals surface area contributed by atoms with Crippen molar-refractivity contribution >= 4 is 15.9 Å². The van der Waals surface area contributed by atoms with Gasteiger partial charge in [0.2, 0.25) is 0 Å². The van der Waals surface area contributed by atoms with E-state index in [0.29, 0.717) is 32.1 Å². The molecular formula is C17H27N3O2S. The first kappa shape index (κ1) is 16.7. The average molecular weight is 337 g/mol. The largest absolute Gasteiger partial charge is 0.399 e. The molecule has 0 aliphatic carbocycles. The number of anilines is 1. The maximum atomic E-state index is 12.7. The number of benzene rings is 1. The summed E-state index contributed by atoms with van der Waals surface area (Å²) in [5.41, 5.74) is 7.80. The van der Waals surface area contributed by atoms with Crippen molar-refractivity contribution in [1.82, 2.24) is 8.61 Å². The molecule has 3 rings (SSSR count). The van der Waals surface area contributed by atoms with E-state index >= 15 is 0 Å². The van der Waals surface area contributed by atoms with Gasteiger partial charge in [0, 0.05) is 31.9 Å². The first-order chi connectivity index (χ1) is 11.1. The van der Waals surface area contributed by atoms with E-state index in [1.807, 2.05) is 12.1 Å². The molecule has 2 fully saturated rings. The van der Waals surface area contributed by atoms with Gasteiger partial charge in [0.25, 0.3) is 10.2 Å². The Hall–Kier alpha value is -1.11. The number of nitrogens with zero attached hydrogens (tertiary/aromatic N) is 2. The van der Waals surface area contributed by atoms with E-state index in [0.717, 1.165) is 44.2 Å². The molecule has 23 heavy (non-hydrogen) atoms. The summed E-state index contributed by atoms with van der Waals surface area (Å²) in [6.07, 6.45) is 6.03. The molecule has 2 aliphatic heterocycles. The average Bonchev–Trinajstić information content (AvgIpc) is 2.58. The summed E-state index contributed by atoms with van der Waals surface area (Å²) < 4.78 is 28.7. The summed E-state index contributed by atoms with van der Waals surface area (Å²) >= 11 is 0. The zero-order valence-electron chi connectivity index (χ0n) is 13.7. The lowest BCUT2D eigenvalue weighted by molar-refractivity contribution is 0.244. The third-order valence-electron chi connectivity index (χ3n) is 5.05. The van der Waals surface area contributed by atoms with Gasteiger partial charge in [0.15, 0.2) is 0 Å². The molecule has 2 heterocycles. The second-order valence-electron chi connectivity index (χ2n) is 6.76. The maximum Gasteiger partial charge on any atom is 0.281 e. The highest BCUT2D eigenvalue weighted by atomic mass is 32.2. The summed E-state index contributed by atoms with van der Waals surface area (Å²) in [6, 6.07) is 8.02. The van der Waals surface area contributed by atoms with Crippen LogP contribution in [0.1, 0.15) is 37.7 Å². The van der Waals surface area contributed by atoms with E-state index in [-0.39, 0.29) is 0 Å². The van der Waals surface area contributed by atoms with Crippen LogP contribution in [0.5, 0.6) is 0 Å². The Balaban J connectivity index is 1.54. The van der Waals surface area contributed by atoms with Gasteiger partial charge in [0.05, 0.1) is 0 Å². The molecule has 5 nitrogen and oxygen atoms in total. The zero-order chi connectivity index (χ0) is 16.3. The highest BCUT2D eigenvalue weighted by Crippen LogP contribution is 2.26. The number of nitrogen functional groups attached to an aromatic ring is 1. The number of rotatable bonds is 4. The third kappa shape index (κ3) is 4.05. The molecule has 2 N–H and O–H groups in total. The quantitative estimate of drug-likeness (QED) is 0.857. The molecule has 0 aromatic heterocycles. The molecule has 0 radical (unpaired) electrons. The van der Waals surface area contributed by atoms with Crippen molar-refractivity contribution in [2.45, 2.75) is 38.5 Å². The molecular weight excluding hydrogens is 310 g/mol. The van der Waals surface area contributed by atoms with E-state index in [4.69, 9.17) is 5.73 Å². The van der Waals surface area contributed by atoms with Gasteiger partial charge in [-0.1, -0.05) is 18.6 Å². The summed E-state index contributed by atoms with van der Waals surface area (Å²) in [4.78, 5) is 0. The summed E-state index contributed by atoms with van der Waals surface area (Å²) in [5, 5.41) is 0. The van der Waals surface area contributed by atoms with Gasteiger partial charge >= 0.3 is 0 Å². The van der Waals surface area contributed by atoms with Crippen LogP contribution < -0.4 is 5.73 Å². The normalized spacial score (nSPS) is 22.3. The van der Waals surface area contributed by atoms with Gasteiger partial charge in [-0.25, -0.2) is 0 Å². The summed E-state index contributed by atoms with van der Waals surface area (Å²) in [6.45, 7) is 2.68.